The molecule has 1 N–H and O–H groups in total. The summed E-state index contributed by atoms with van der Waals surface area (Å²) in [6.07, 6.45) is 2.58. The fraction of sp³-hybridized carbons (Fsp3) is 0.316. The summed E-state index contributed by atoms with van der Waals surface area (Å²) in [5.74, 6) is -0.0492. The van der Waals surface area contributed by atoms with Crippen LogP contribution >= 0.6 is 0 Å². The summed E-state index contributed by atoms with van der Waals surface area (Å²) in [7, 11) is 0. The molecule has 0 aliphatic carbocycles. The van der Waals surface area contributed by atoms with Gasteiger partial charge in [-0.2, -0.15) is 0 Å². The third kappa shape index (κ3) is 5.52. The molecule has 21 heavy (non-hydrogen) atoms. The van der Waals surface area contributed by atoms with E-state index >= 15 is 0 Å². The minimum absolute atomic E-state index is 0.0492. The fourth-order valence-electron chi connectivity index (χ4n) is 2.38. The predicted molar refractivity (Wildman–Crippen MR) is 85.2 cm³/mol. The molecule has 2 heteroatoms. The van der Waals surface area contributed by atoms with Crippen LogP contribution in [0, 0.1) is 0 Å². The highest BCUT2D eigenvalue weighted by atomic mass is 16.3. The Balaban J connectivity index is 1.68. The molecule has 0 aromatic heterocycles. The van der Waals surface area contributed by atoms with E-state index in [2.05, 4.69) is 12.1 Å². The lowest BCUT2D eigenvalue weighted by atomic mass is 10.00. The summed E-state index contributed by atoms with van der Waals surface area (Å²) in [6.45, 7) is 0. The fourth-order valence-corrected chi connectivity index (χ4v) is 2.38. The second-order valence-electron chi connectivity index (χ2n) is 5.35. The number of hydrogen-bond donors (Lipinski definition) is 1. The van der Waals surface area contributed by atoms with E-state index < -0.39 is 6.10 Å². The summed E-state index contributed by atoms with van der Waals surface area (Å²) < 4.78 is 0. The number of hydrogen-bond acceptors (Lipinski definition) is 2. The third-order valence-corrected chi connectivity index (χ3v) is 3.66. The number of aliphatic hydroxyl groups excluding tert-OH is 1. The molecule has 0 amide bonds. The summed E-state index contributed by atoms with van der Waals surface area (Å²) in [4.78, 5) is 11.9. The first-order valence-electron chi connectivity index (χ1n) is 7.54. The van der Waals surface area contributed by atoms with E-state index in [4.69, 9.17) is 0 Å². The standard InChI is InChI=1S/C19H22O2/c20-18(13-7-12-16-8-3-1-4-9-16)19(21)15-14-17-10-5-2-6-11-17/h1-6,8-11,18,20H,7,12-15H2. The number of carbonyl (C=O) groups excluding carboxylic acids is 1. The van der Waals surface area contributed by atoms with Crippen LogP contribution in [-0.4, -0.2) is 17.0 Å². The summed E-state index contributed by atoms with van der Waals surface area (Å²) >= 11 is 0. The summed E-state index contributed by atoms with van der Waals surface area (Å²) in [5.41, 5.74) is 2.39. The van der Waals surface area contributed by atoms with Gasteiger partial charge in [-0.1, -0.05) is 60.7 Å². The summed E-state index contributed by atoms with van der Waals surface area (Å²) in [5, 5.41) is 9.92. The predicted octanol–water partition coefficient (Wildman–Crippen LogP) is 3.57. The smallest absolute Gasteiger partial charge is 0.161 e. The first kappa shape index (κ1) is 15.5. The Labute approximate surface area is 126 Å². The van der Waals surface area contributed by atoms with Crippen LogP contribution in [0.25, 0.3) is 0 Å². The third-order valence-electron chi connectivity index (χ3n) is 3.66. The topological polar surface area (TPSA) is 37.3 Å². The average molecular weight is 282 g/mol. The zero-order valence-corrected chi connectivity index (χ0v) is 12.2. The van der Waals surface area contributed by atoms with E-state index in [9.17, 15) is 9.90 Å². The van der Waals surface area contributed by atoms with E-state index in [1.54, 1.807) is 0 Å². The minimum atomic E-state index is -0.822. The lowest BCUT2D eigenvalue weighted by Crippen LogP contribution is -2.20. The number of aryl methyl sites for hydroxylation is 2. The van der Waals surface area contributed by atoms with Crippen molar-refractivity contribution in [2.24, 2.45) is 0 Å². The lowest BCUT2D eigenvalue weighted by molar-refractivity contribution is -0.127. The largest absolute Gasteiger partial charge is 0.385 e. The molecule has 0 bridgehead atoms. The van der Waals surface area contributed by atoms with E-state index in [1.807, 2.05) is 48.5 Å². The first-order chi connectivity index (χ1) is 10.3. The van der Waals surface area contributed by atoms with Gasteiger partial charge in [-0.3, -0.25) is 4.79 Å². The Morgan fingerprint density at radius 2 is 1.38 bits per heavy atom. The highest BCUT2D eigenvalue weighted by Crippen LogP contribution is 2.10. The van der Waals surface area contributed by atoms with Crippen molar-refractivity contribution < 1.29 is 9.90 Å². The molecule has 110 valence electrons. The Morgan fingerprint density at radius 3 is 1.95 bits per heavy atom. The van der Waals surface area contributed by atoms with Crippen molar-refractivity contribution >= 4 is 5.78 Å². The van der Waals surface area contributed by atoms with Crippen molar-refractivity contribution in [1.29, 1.82) is 0 Å². The molecule has 0 radical (unpaired) electrons. The number of benzene rings is 2. The molecular weight excluding hydrogens is 260 g/mol. The molecule has 0 aliphatic heterocycles. The Kier molecular flexibility index (Phi) is 6.17. The maximum absolute atomic E-state index is 11.9. The Hall–Kier alpha value is -1.93. The van der Waals surface area contributed by atoms with Gasteiger partial charge >= 0.3 is 0 Å². The van der Waals surface area contributed by atoms with Crippen molar-refractivity contribution in [2.45, 2.75) is 38.2 Å². The first-order valence-corrected chi connectivity index (χ1v) is 7.54. The number of rotatable bonds is 8. The zero-order valence-electron chi connectivity index (χ0n) is 12.2. The average Bonchev–Trinajstić information content (AvgIpc) is 2.54. The maximum Gasteiger partial charge on any atom is 0.161 e. The van der Waals surface area contributed by atoms with Gasteiger partial charge in [-0.05, 0) is 36.8 Å². The molecule has 2 aromatic rings. The van der Waals surface area contributed by atoms with E-state index in [-0.39, 0.29) is 5.78 Å². The molecule has 0 spiro atoms. The minimum Gasteiger partial charge on any atom is -0.385 e. The summed E-state index contributed by atoms with van der Waals surface area (Å²) in [6, 6.07) is 20.1. The Bertz CT molecular complexity index is 534. The molecular formula is C19H22O2. The second kappa shape index (κ2) is 8.38. The van der Waals surface area contributed by atoms with Gasteiger partial charge in [-0.15, -0.1) is 0 Å². The van der Waals surface area contributed by atoms with Crippen molar-refractivity contribution in [3.05, 3.63) is 71.8 Å². The molecule has 0 heterocycles. The van der Waals surface area contributed by atoms with E-state index in [0.29, 0.717) is 19.3 Å². The number of Topliss-reactive ketones (excluding diaryl/α,β-unsaturated/α-hetero) is 1. The van der Waals surface area contributed by atoms with Gasteiger partial charge < -0.3 is 5.11 Å². The van der Waals surface area contributed by atoms with Crippen LogP contribution in [0.15, 0.2) is 60.7 Å². The van der Waals surface area contributed by atoms with Crippen LogP contribution in [0.5, 0.6) is 0 Å². The van der Waals surface area contributed by atoms with Crippen LogP contribution in [0.2, 0.25) is 0 Å². The quantitative estimate of drug-likeness (QED) is 0.803. The molecule has 2 nitrogen and oxygen atoms in total. The molecule has 1 atom stereocenters. The highest BCUT2D eigenvalue weighted by molar-refractivity contribution is 5.82. The van der Waals surface area contributed by atoms with Crippen molar-refractivity contribution in [3.63, 3.8) is 0 Å². The zero-order chi connectivity index (χ0) is 14.9. The number of carbonyl (C=O) groups is 1. The van der Waals surface area contributed by atoms with Crippen molar-refractivity contribution in [2.75, 3.05) is 0 Å². The van der Waals surface area contributed by atoms with Crippen molar-refractivity contribution in [1.82, 2.24) is 0 Å². The SMILES string of the molecule is O=C(CCc1ccccc1)C(O)CCCc1ccccc1. The van der Waals surface area contributed by atoms with Gasteiger partial charge in [0, 0.05) is 6.42 Å². The molecule has 0 fully saturated rings. The van der Waals surface area contributed by atoms with Gasteiger partial charge in [0.2, 0.25) is 0 Å². The number of aliphatic hydroxyl groups is 1. The highest BCUT2D eigenvalue weighted by Gasteiger charge is 2.14. The molecule has 0 saturated carbocycles. The maximum atomic E-state index is 11.9. The van der Waals surface area contributed by atoms with Crippen molar-refractivity contribution in [3.8, 4) is 0 Å². The molecule has 1 unspecified atom stereocenters. The van der Waals surface area contributed by atoms with Crippen LogP contribution in [0.3, 0.4) is 0 Å². The van der Waals surface area contributed by atoms with Crippen LogP contribution in [0.4, 0.5) is 0 Å². The second-order valence-corrected chi connectivity index (χ2v) is 5.35. The van der Waals surface area contributed by atoms with Gasteiger partial charge in [0.15, 0.2) is 5.78 Å². The Morgan fingerprint density at radius 1 is 0.857 bits per heavy atom. The van der Waals surface area contributed by atoms with Gasteiger partial charge in [0.1, 0.15) is 6.10 Å². The van der Waals surface area contributed by atoms with Gasteiger partial charge in [0.25, 0.3) is 0 Å². The molecule has 2 rings (SSSR count). The molecule has 0 aliphatic rings. The monoisotopic (exact) mass is 282 g/mol. The van der Waals surface area contributed by atoms with Crippen LogP contribution in [-0.2, 0) is 17.6 Å². The normalized spacial score (nSPS) is 12.0. The van der Waals surface area contributed by atoms with Gasteiger partial charge in [0.05, 0.1) is 0 Å². The van der Waals surface area contributed by atoms with Gasteiger partial charge in [-0.25, -0.2) is 0 Å². The molecule has 2 aromatic carbocycles. The number of ketones is 1. The lowest BCUT2D eigenvalue weighted by Gasteiger charge is -2.09. The van der Waals surface area contributed by atoms with E-state index in [0.717, 1.165) is 18.4 Å². The van der Waals surface area contributed by atoms with Crippen LogP contribution < -0.4 is 0 Å². The van der Waals surface area contributed by atoms with E-state index in [1.165, 1.54) is 5.56 Å². The van der Waals surface area contributed by atoms with Crippen LogP contribution in [0.1, 0.15) is 30.4 Å². The molecule has 0 saturated heterocycles.